The summed E-state index contributed by atoms with van der Waals surface area (Å²) in [5.74, 6) is -1.36. The molecule has 0 saturated heterocycles. The van der Waals surface area contributed by atoms with Crippen molar-refractivity contribution in [3.05, 3.63) is 28.2 Å². The van der Waals surface area contributed by atoms with Gasteiger partial charge in [-0.05, 0) is 30.5 Å². The van der Waals surface area contributed by atoms with Crippen LogP contribution in [0.2, 0.25) is 0 Å². The van der Waals surface area contributed by atoms with Gasteiger partial charge in [0.15, 0.2) is 0 Å². The minimum atomic E-state index is -0.691. The fraction of sp³-hybridized carbons (Fsp3) is 0.400. The van der Waals surface area contributed by atoms with Gasteiger partial charge in [0.2, 0.25) is 0 Å². The number of ketones is 1. The van der Waals surface area contributed by atoms with Crippen LogP contribution in [0.1, 0.15) is 30.6 Å². The molecule has 112 valence electrons. The van der Waals surface area contributed by atoms with E-state index in [0.717, 1.165) is 6.42 Å². The highest BCUT2D eigenvalue weighted by molar-refractivity contribution is 9.10. The van der Waals surface area contributed by atoms with Gasteiger partial charge in [0.1, 0.15) is 6.54 Å². The minimum absolute atomic E-state index is 0.239. The number of hydrogen-bond acceptors (Lipinski definition) is 4. The fourth-order valence-corrected chi connectivity index (χ4v) is 2.37. The van der Waals surface area contributed by atoms with Gasteiger partial charge in [-0.25, -0.2) is 0 Å². The van der Waals surface area contributed by atoms with E-state index in [1.807, 2.05) is 13.8 Å². The Labute approximate surface area is 131 Å². The first-order valence-electron chi connectivity index (χ1n) is 6.71. The summed E-state index contributed by atoms with van der Waals surface area (Å²) in [5, 5.41) is 0. The first-order valence-corrected chi connectivity index (χ1v) is 7.51. The van der Waals surface area contributed by atoms with Crippen molar-refractivity contribution in [3.63, 3.8) is 0 Å². The molecule has 0 atom stereocenters. The standard InChI is InChI=1S/C15H16BrNO4/c1-9(2)5-6-21-13(18)8-17-12-4-3-10(16)7-11(12)14(19)15(17)20/h3-4,7,9H,5-6,8H2,1-2H3. The van der Waals surface area contributed by atoms with E-state index in [-0.39, 0.29) is 6.54 Å². The van der Waals surface area contributed by atoms with Gasteiger partial charge >= 0.3 is 5.97 Å². The number of halogens is 1. The van der Waals surface area contributed by atoms with E-state index >= 15 is 0 Å². The molecule has 6 heteroatoms. The van der Waals surface area contributed by atoms with Crippen molar-refractivity contribution in [2.75, 3.05) is 18.1 Å². The van der Waals surface area contributed by atoms with Gasteiger partial charge in [0.25, 0.3) is 11.7 Å². The molecular weight excluding hydrogens is 338 g/mol. The molecule has 1 aromatic carbocycles. The molecule has 0 radical (unpaired) electrons. The van der Waals surface area contributed by atoms with E-state index in [4.69, 9.17) is 4.74 Å². The van der Waals surface area contributed by atoms with Crippen molar-refractivity contribution in [1.29, 1.82) is 0 Å². The van der Waals surface area contributed by atoms with Crippen molar-refractivity contribution in [1.82, 2.24) is 0 Å². The predicted octanol–water partition coefficient (Wildman–Crippen LogP) is 2.57. The average molecular weight is 354 g/mol. The Morgan fingerprint density at radius 1 is 1.33 bits per heavy atom. The number of benzene rings is 1. The Kier molecular flexibility index (Phi) is 4.77. The summed E-state index contributed by atoms with van der Waals surface area (Å²) in [6.45, 7) is 4.15. The van der Waals surface area contributed by atoms with Gasteiger partial charge in [-0.2, -0.15) is 0 Å². The number of anilines is 1. The molecule has 0 fully saturated rings. The van der Waals surface area contributed by atoms with Crippen LogP contribution >= 0.6 is 15.9 Å². The molecule has 1 aliphatic rings. The molecule has 0 aliphatic carbocycles. The van der Waals surface area contributed by atoms with Gasteiger partial charge in [0.05, 0.1) is 17.9 Å². The Morgan fingerprint density at radius 2 is 2.05 bits per heavy atom. The monoisotopic (exact) mass is 353 g/mol. The molecule has 1 aromatic rings. The third-order valence-corrected chi connectivity index (χ3v) is 3.67. The van der Waals surface area contributed by atoms with Crippen LogP contribution in [-0.2, 0) is 14.3 Å². The lowest BCUT2D eigenvalue weighted by molar-refractivity contribution is -0.142. The molecule has 2 rings (SSSR count). The Morgan fingerprint density at radius 3 is 2.71 bits per heavy atom. The van der Waals surface area contributed by atoms with Gasteiger partial charge in [-0.3, -0.25) is 19.3 Å². The summed E-state index contributed by atoms with van der Waals surface area (Å²) in [6, 6.07) is 4.95. The molecule has 0 bridgehead atoms. The third kappa shape index (κ3) is 3.50. The molecule has 0 saturated carbocycles. The highest BCUT2D eigenvalue weighted by Crippen LogP contribution is 2.31. The van der Waals surface area contributed by atoms with Crippen molar-refractivity contribution in [2.24, 2.45) is 5.92 Å². The normalized spacial score (nSPS) is 13.8. The SMILES string of the molecule is CC(C)CCOC(=O)CN1C(=O)C(=O)c2cc(Br)ccc21. The minimum Gasteiger partial charge on any atom is -0.464 e. The van der Waals surface area contributed by atoms with Gasteiger partial charge in [0, 0.05) is 4.47 Å². The zero-order valence-corrected chi connectivity index (χ0v) is 13.5. The third-order valence-electron chi connectivity index (χ3n) is 3.18. The van der Waals surface area contributed by atoms with Crippen molar-refractivity contribution in [2.45, 2.75) is 20.3 Å². The lowest BCUT2D eigenvalue weighted by atomic mass is 10.1. The van der Waals surface area contributed by atoms with E-state index in [1.165, 1.54) is 4.90 Å². The highest BCUT2D eigenvalue weighted by atomic mass is 79.9. The van der Waals surface area contributed by atoms with Crippen LogP contribution in [0, 0.1) is 5.92 Å². The lowest BCUT2D eigenvalue weighted by Gasteiger charge is -2.15. The summed E-state index contributed by atoms with van der Waals surface area (Å²) < 4.78 is 5.80. The molecule has 21 heavy (non-hydrogen) atoms. The number of ether oxygens (including phenoxy) is 1. The average Bonchev–Trinajstić information content (AvgIpc) is 2.63. The van der Waals surface area contributed by atoms with Gasteiger partial charge in [-0.1, -0.05) is 29.8 Å². The number of hydrogen-bond donors (Lipinski definition) is 0. The molecule has 0 spiro atoms. The second-order valence-corrected chi connectivity index (χ2v) is 6.20. The van der Waals surface area contributed by atoms with Crippen molar-refractivity contribution < 1.29 is 19.1 Å². The van der Waals surface area contributed by atoms with Crippen LogP contribution in [0.3, 0.4) is 0 Å². The van der Waals surface area contributed by atoms with Crippen LogP contribution in [0.15, 0.2) is 22.7 Å². The topological polar surface area (TPSA) is 63.7 Å². The molecule has 0 unspecified atom stereocenters. The fourth-order valence-electron chi connectivity index (χ4n) is 2.01. The molecule has 5 nitrogen and oxygen atoms in total. The maximum atomic E-state index is 11.9. The number of carbonyl (C=O) groups excluding carboxylic acids is 3. The number of nitrogens with zero attached hydrogens (tertiary/aromatic N) is 1. The van der Waals surface area contributed by atoms with Crippen LogP contribution in [0.25, 0.3) is 0 Å². The van der Waals surface area contributed by atoms with Crippen molar-refractivity contribution >= 4 is 39.3 Å². The number of carbonyl (C=O) groups is 3. The largest absolute Gasteiger partial charge is 0.464 e. The van der Waals surface area contributed by atoms with Crippen LogP contribution in [-0.4, -0.2) is 30.8 Å². The quantitative estimate of drug-likeness (QED) is 0.602. The summed E-state index contributed by atoms with van der Waals surface area (Å²) in [5.41, 5.74) is 0.762. The zero-order chi connectivity index (χ0) is 15.6. The number of amides is 1. The van der Waals surface area contributed by atoms with Gasteiger partial charge in [-0.15, -0.1) is 0 Å². The molecule has 1 heterocycles. The summed E-state index contributed by atoms with van der Waals surface area (Å²) >= 11 is 3.26. The first-order chi connectivity index (χ1) is 9.90. The Hall–Kier alpha value is -1.69. The zero-order valence-electron chi connectivity index (χ0n) is 11.9. The number of rotatable bonds is 5. The molecule has 0 N–H and O–H groups in total. The Bertz CT molecular complexity index is 597. The van der Waals surface area contributed by atoms with Crippen molar-refractivity contribution in [3.8, 4) is 0 Å². The maximum absolute atomic E-state index is 11.9. The van der Waals surface area contributed by atoms with E-state index in [0.29, 0.717) is 28.2 Å². The van der Waals surface area contributed by atoms with Crippen LogP contribution < -0.4 is 4.90 Å². The predicted molar refractivity (Wildman–Crippen MR) is 81.2 cm³/mol. The lowest BCUT2D eigenvalue weighted by Crippen LogP contribution is -2.35. The van der Waals surface area contributed by atoms with E-state index < -0.39 is 17.7 Å². The van der Waals surface area contributed by atoms with Crippen LogP contribution in [0.4, 0.5) is 5.69 Å². The molecule has 0 aromatic heterocycles. The second kappa shape index (κ2) is 6.39. The molecular formula is C15H16BrNO4. The first kappa shape index (κ1) is 15.7. The highest BCUT2D eigenvalue weighted by Gasteiger charge is 2.37. The van der Waals surface area contributed by atoms with E-state index in [1.54, 1.807) is 18.2 Å². The summed E-state index contributed by atoms with van der Waals surface area (Å²) in [6.07, 6.45) is 0.766. The van der Waals surface area contributed by atoms with E-state index in [2.05, 4.69) is 15.9 Å². The smallest absolute Gasteiger partial charge is 0.326 e. The van der Waals surface area contributed by atoms with E-state index in [9.17, 15) is 14.4 Å². The summed E-state index contributed by atoms with van der Waals surface area (Å²) in [4.78, 5) is 36.8. The number of esters is 1. The maximum Gasteiger partial charge on any atom is 0.326 e. The van der Waals surface area contributed by atoms with Crippen LogP contribution in [0.5, 0.6) is 0 Å². The second-order valence-electron chi connectivity index (χ2n) is 5.28. The van der Waals surface area contributed by atoms with Gasteiger partial charge < -0.3 is 4.74 Å². The number of Topliss-reactive ketones (excluding diaryl/α,β-unsaturated/α-hetero) is 1. The molecule has 1 amide bonds. The Balaban J connectivity index is 2.06. The summed E-state index contributed by atoms with van der Waals surface area (Å²) in [7, 11) is 0. The molecule has 1 aliphatic heterocycles. The number of fused-ring (bicyclic) bond motifs is 1.